The van der Waals surface area contributed by atoms with E-state index in [1.54, 1.807) is 11.3 Å². The fourth-order valence-electron chi connectivity index (χ4n) is 4.38. The van der Waals surface area contributed by atoms with Gasteiger partial charge in [0.05, 0.1) is 0 Å². The van der Waals surface area contributed by atoms with Crippen molar-refractivity contribution in [3.05, 3.63) is 40.9 Å². The number of carbonyl (C=O) groups is 1. The van der Waals surface area contributed by atoms with E-state index in [9.17, 15) is 9.90 Å². The summed E-state index contributed by atoms with van der Waals surface area (Å²) >= 11 is 1.61. The standard InChI is InChI=1S/C19H22N2O2S/c1-11-10-24-19(20-11)13-4-2-12(3-5-13)18(23)21-17-15-7-6-14(8-15)16(17)9-22/h2-5,10,14-17,22H,6-9H2,1H3,(H,21,23). The number of nitrogens with zero attached hydrogens (tertiary/aromatic N) is 1. The zero-order chi connectivity index (χ0) is 16.7. The highest BCUT2D eigenvalue weighted by Crippen LogP contribution is 2.48. The molecule has 126 valence electrons. The molecule has 24 heavy (non-hydrogen) atoms. The number of rotatable bonds is 4. The summed E-state index contributed by atoms with van der Waals surface area (Å²) in [6, 6.07) is 7.77. The van der Waals surface area contributed by atoms with E-state index < -0.39 is 0 Å². The average Bonchev–Trinajstić information content (AvgIpc) is 3.31. The van der Waals surface area contributed by atoms with Crippen LogP contribution in [0.1, 0.15) is 35.3 Å². The molecule has 4 nitrogen and oxygen atoms in total. The van der Waals surface area contributed by atoms with E-state index in [0.29, 0.717) is 17.4 Å². The third-order valence-corrected chi connectivity index (χ3v) is 6.62. The molecule has 0 radical (unpaired) electrons. The molecule has 0 spiro atoms. The van der Waals surface area contributed by atoms with E-state index in [0.717, 1.165) is 22.7 Å². The highest BCUT2D eigenvalue weighted by Gasteiger charge is 2.47. The van der Waals surface area contributed by atoms with Crippen LogP contribution in [0.4, 0.5) is 0 Å². The Morgan fingerprint density at radius 3 is 2.71 bits per heavy atom. The van der Waals surface area contributed by atoms with Crippen molar-refractivity contribution in [2.75, 3.05) is 6.61 Å². The van der Waals surface area contributed by atoms with Gasteiger partial charge in [-0.15, -0.1) is 11.3 Å². The molecule has 1 amide bonds. The number of fused-ring (bicyclic) bond motifs is 2. The van der Waals surface area contributed by atoms with Crippen LogP contribution < -0.4 is 5.32 Å². The molecule has 1 aromatic carbocycles. The first kappa shape index (κ1) is 15.8. The molecule has 2 saturated carbocycles. The van der Waals surface area contributed by atoms with Crippen LogP contribution in [0.25, 0.3) is 10.6 Å². The molecule has 2 N–H and O–H groups in total. The van der Waals surface area contributed by atoms with Crippen molar-refractivity contribution >= 4 is 17.2 Å². The Morgan fingerprint density at radius 2 is 2.04 bits per heavy atom. The predicted molar refractivity (Wildman–Crippen MR) is 94.9 cm³/mol. The van der Waals surface area contributed by atoms with Crippen molar-refractivity contribution in [1.29, 1.82) is 0 Å². The van der Waals surface area contributed by atoms with Gasteiger partial charge in [-0.05, 0) is 50.2 Å². The Morgan fingerprint density at radius 1 is 1.29 bits per heavy atom. The van der Waals surface area contributed by atoms with Crippen LogP contribution in [0.5, 0.6) is 0 Å². The summed E-state index contributed by atoms with van der Waals surface area (Å²) in [7, 11) is 0. The molecule has 4 rings (SSSR count). The van der Waals surface area contributed by atoms with Gasteiger partial charge in [0.2, 0.25) is 0 Å². The lowest BCUT2D eigenvalue weighted by Gasteiger charge is -2.30. The Hall–Kier alpha value is -1.72. The first-order chi connectivity index (χ1) is 11.7. The van der Waals surface area contributed by atoms with Crippen LogP contribution in [0.2, 0.25) is 0 Å². The lowest BCUT2D eigenvalue weighted by Crippen LogP contribution is -2.45. The van der Waals surface area contributed by atoms with Crippen LogP contribution >= 0.6 is 11.3 Å². The fourth-order valence-corrected chi connectivity index (χ4v) is 5.19. The molecule has 0 saturated heterocycles. The Bertz CT molecular complexity index is 740. The number of aliphatic hydroxyl groups is 1. The van der Waals surface area contributed by atoms with E-state index in [1.165, 1.54) is 12.8 Å². The van der Waals surface area contributed by atoms with Crippen LogP contribution in [0.15, 0.2) is 29.6 Å². The number of hydrogen-bond acceptors (Lipinski definition) is 4. The third kappa shape index (κ3) is 2.76. The number of aryl methyl sites for hydroxylation is 1. The highest BCUT2D eigenvalue weighted by molar-refractivity contribution is 7.13. The minimum absolute atomic E-state index is 0.0344. The molecule has 2 aromatic rings. The summed E-state index contributed by atoms with van der Waals surface area (Å²) in [5.41, 5.74) is 2.73. The van der Waals surface area contributed by atoms with Gasteiger partial charge in [0.15, 0.2) is 0 Å². The lowest BCUT2D eigenvalue weighted by atomic mass is 9.85. The first-order valence-corrected chi connectivity index (χ1v) is 9.48. The summed E-state index contributed by atoms with van der Waals surface area (Å²) < 4.78 is 0. The molecule has 2 fully saturated rings. The summed E-state index contributed by atoms with van der Waals surface area (Å²) in [6.45, 7) is 2.16. The van der Waals surface area contributed by atoms with E-state index in [-0.39, 0.29) is 24.5 Å². The zero-order valence-electron chi connectivity index (χ0n) is 13.7. The molecule has 2 aliphatic rings. The zero-order valence-corrected chi connectivity index (χ0v) is 14.6. The maximum absolute atomic E-state index is 12.6. The van der Waals surface area contributed by atoms with E-state index >= 15 is 0 Å². The summed E-state index contributed by atoms with van der Waals surface area (Å²) in [5, 5.41) is 15.8. The van der Waals surface area contributed by atoms with Crippen LogP contribution in [-0.2, 0) is 0 Å². The maximum atomic E-state index is 12.6. The minimum atomic E-state index is -0.0344. The second kappa shape index (κ2) is 6.30. The Labute approximate surface area is 145 Å². The first-order valence-electron chi connectivity index (χ1n) is 8.60. The van der Waals surface area contributed by atoms with Crippen molar-refractivity contribution < 1.29 is 9.90 Å². The number of thiazole rings is 1. The van der Waals surface area contributed by atoms with E-state index in [2.05, 4.69) is 10.3 Å². The SMILES string of the molecule is Cc1csc(-c2ccc(C(=O)NC3C4CCC(C4)C3CO)cc2)n1. The molecule has 4 unspecified atom stereocenters. The topological polar surface area (TPSA) is 62.2 Å². The van der Waals surface area contributed by atoms with Crippen molar-refractivity contribution in [1.82, 2.24) is 10.3 Å². The quantitative estimate of drug-likeness (QED) is 0.896. The van der Waals surface area contributed by atoms with Crippen LogP contribution in [0, 0.1) is 24.7 Å². The largest absolute Gasteiger partial charge is 0.396 e. The van der Waals surface area contributed by atoms with Gasteiger partial charge in [0.1, 0.15) is 5.01 Å². The lowest BCUT2D eigenvalue weighted by molar-refractivity contribution is 0.0861. The number of amides is 1. The number of benzene rings is 1. The summed E-state index contributed by atoms with van der Waals surface area (Å²) in [5.74, 6) is 1.31. The van der Waals surface area contributed by atoms with Gasteiger partial charge in [0, 0.05) is 40.8 Å². The van der Waals surface area contributed by atoms with Gasteiger partial charge >= 0.3 is 0 Å². The van der Waals surface area contributed by atoms with Gasteiger partial charge in [-0.3, -0.25) is 4.79 Å². The van der Waals surface area contributed by atoms with Crippen LogP contribution in [0.3, 0.4) is 0 Å². The molecule has 1 aromatic heterocycles. The number of carbonyl (C=O) groups excluding carboxylic acids is 1. The van der Waals surface area contributed by atoms with Gasteiger partial charge < -0.3 is 10.4 Å². The highest BCUT2D eigenvalue weighted by atomic mass is 32.1. The average molecular weight is 342 g/mol. The molecular formula is C19H22N2O2S. The van der Waals surface area contributed by atoms with Crippen molar-refractivity contribution in [2.45, 2.75) is 32.2 Å². The predicted octanol–water partition coefficient (Wildman–Crippen LogP) is 3.26. The number of nitrogens with one attached hydrogen (secondary N) is 1. The fraction of sp³-hybridized carbons (Fsp3) is 0.474. The van der Waals surface area contributed by atoms with Gasteiger partial charge in [0.25, 0.3) is 5.91 Å². The van der Waals surface area contributed by atoms with Gasteiger partial charge in [-0.25, -0.2) is 4.98 Å². The second-order valence-corrected chi connectivity index (χ2v) is 7.91. The monoisotopic (exact) mass is 342 g/mol. The molecular weight excluding hydrogens is 320 g/mol. The van der Waals surface area contributed by atoms with E-state index in [4.69, 9.17) is 0 Å². The van der Waals surface area contributed by atoms with Gasteiger partial charge in [-0.1, -0.05) is 12.1 Å². The minimum Gasteiger partial charge on any atom is -0.396 e. The molecule has 2 bridgehead atoms. The number of aromatic nitrogens is 1. The number of aliphatic hydroxyl groups excluding tert-OH is 1. The maximum Gasteiger partial charge on any atom is 0.251 e. The molecule has 5 heteroatoms. The normalized spacial score (nSPS) is 28.2. The molecule has 0 aliphatic heterocycles. The summed E-state index contributed by atoms with van der Waals surface area (Å²) in [6.07, 6.45) is 3.52. The van der Waals surface area contributed by atoms with Crippen molar-refractivity contribution in [3.63, 3.8) is 0 Å². The Kier molecular flexibility index (Phi) is 4.14. The molecule has 2 aliphatic carbocycles. The molecule has 4 atom stereocenters. The van der Waals surface area contributed by atoms with Gasteiger partial charge in [-0.2, -0.15) is 0 Å². The molecule has 1 heterocycles. The Balaban J connectivity index is 1.47. The van der Waals surface area contributed by atoms with Crippen molar-refractivity contribution in [3.8, 4) is 10.6 Å². The van der Waals surface area contributed by atoms with Crippen LogP contribution in [-0.4, -0.2) is 28.6 Å². The van der Waals surface area contributed by atoms with Crippen molar-refractivity contribution in [2.24, 2.45) is 17.8 Å². The number of hydrogen-bond donors (Lipinski definition) is 2. The van der Waals surface area contributed by atoms with E-state index in [1.807, 2.05) is 36.6 Å². The second-order valence-electron chi connectivity index (χ2n) is 7.05. The summed E-state index contributed by atoms with van der Waals surface area (Å²) in [4.78, 5) is 17.1. The smallest absolute Gasteiger partial charge is 0.251 e. The third-order valence-electron chi connectivity index (χ3n) is 5.61.